The van der Waals surface area contributed by atoms with Crippen LogP contribution in [0.15, 0.2) is 18.2 Å². The van der Waals surface area contributed by atoms with E-state index < -0.39 is 0 Å². The molecule has 2 aliphatic rings. The smallest absolute Gasteiger partial charge is 0.0919 e. The molecular formula is C17H26N2O. The second-order valence-electron chi connectivity index (χ2n) is 6.44. The van der Waals surface area contributed by atoms with Gasteiger partial charge in [0.15, 0.2) is 0 Å². The standard InChI is InChI=1S/C17H26N2O/c1-13-3-4-14(2)16(11-13)17(20)12-18-7-9-19(10-8-18)15-5-6-15/h3-4,11,15,17,20H,5-10,12H2,1-2H3. The number of benzene rings is 1. The molecule has 1 aromatic carbocycles. The van der Waals surface area contributed by atoms with Crippen LogP contribution in [0.25, 0.3) is 0 Å². The molecule has 1 saturated heterocycles. The fourth-order valence-electron chi connectivity index (χ4n) is 3.21. The van der Waals surface area contributed by atoms with Gasteiger partial charge in [-0.3, -0.25) is 9.80 Å². The van der Waals surface area contributed by atoms with Crippen LogP contribution in [-0.4, -0.2) is 53.7 Å². The number of rotatable bonds is 4. The molecule has 1 atom stereocenters. The molecule has 1 aliphatic heterocycles. The Balaban J connectivity index is 1.56. The highest BCUT2D eigenvalue weighted by Crippen LogP contribution is 2.28. The Morgan fingerprint density at radius 2 is 1.85 bits per heavy atom. The second kappa shape index (κ2) is 5.84. The Morgan fingerprint density at radius 1 is 1.15 bits per heavy atom. The van der Waals surface area contributed by atoms with Crippen molar-refractivity contribution >= 4 is 0 Å². The molecule has 20 heavy (non-hydrogen) atoms. The Morgan fingerprint density at radius 3 is 2.50 bits per heavy atom. The third-order valence-electron chi connectivity index (χ3n) is 4.70. The van der Waals surface area contributed by atoms with Gasteiger partial charge in [0, 0.05) is 38.8 Å². The summed E-state index contributed by atoms with van der Waals surface area (Å²) in [7, 11) is 0. The van der Waals surface area contributed by atoms with Crippen LogP contribution in [0.2, 0.25) is 0 Å². The molecule has 3 nitrogen and oxygen atoms in total. The monoisotopic (exact) mass is 274 g/mol. The fourth-order valence-corrected chi connectivity index (χ4v) is 3.21. The van der Waals surface area contributed by atoms with E-state index in [4.69, 9.17) is 0 Å². The number of aliphatic hydroxyl groups excluding tert-OH is 1. The lowest BCUT2D eigenvalue weighted by atomic mass is 10.0. The highest BCUT2D eigenvalue weighted by molar-refractivity contribution is 5.32. The van der Waals surface area contributed by atoms with Gasteiger partial charge in [0.2, 0.25) is 0 Å². The fraction of sp³-hybridized carbons (Fsp3) is 0.647. The summed E-state index contributed by atoms with van der Waals surface area (Å²) in [6.45, 7) is 9.47. The van der Waals surface area contributed by atoms with Gasteiger partial charge in [-0.15, -0.1) is 0 Å². The third kappa shape index (κ3) is 3.22. The van der Waals surface area contributed by atoms with Crippen LogP contribution in [0.4, 0.5) is 0 Å². The summed E-state index contributed by atoms with van der Waals surface area (Å²) in [5.41, 5.74) is 3.51. The maximum Gasteiger partial charge on any atom is 0.0919 e. The quantitative estimate of drug-likeness (QED) is 0.911. The molecule has 1 N–H and O–H groups in total. The molecular weight excluding hydrogens is 248 g/mol. The maximum absolute atomic E-state index is 10.5. The van der Waals surface area contributed by atoms with Crippen LogP contribution in [-0.2, 0) is 0 Å². The largest absolute Gasteiger partial charge is 0.387 e. The first kappa shape index (κ1) is 14.1. The van der Waals surface area contributed by atoms with E-state index in [1.165, 1.54) is 37.1 Å². The molecule has 1 unspecified atom stereocenters. The van der Waals surface area contributed by atoms with Crippen molar-refractivity contribution in [2.75, 3.05) is 32.7 Å². The van der Waals surface area contributed by atoms with Gasteiger partial charge in [-0.1, -0.05) is 23.8 Å². The summed E-state index contributed by atoms with van der Waals surface area (Å²) in [5.74, 6) is 0. The van der Waals surface area contributed by atoms with Crippen LogP contribution in [0, 0.1) is 13.8 Å². The van der Waals surface area contributed by atoms with Gasteiger partial charge in [-0.2, -0.15) is 0 Å². The Kier molecular flexibility index (Phi) is 4.11. The minimum Gasteiger partial charge on any atom is -0.387 e. The molecule has 110 valence electrons. The number of hydrogen-bond donors (Lipinski definition) is 1. The van der Waals surface area contributed by atoms with E-state index in [2.05, 4.69) is 41.8 Å². The first-order chi connectivity index (χ1) is 9.63. The van der Waals surface area contributed by atoms with Crippen molar-refractivity contribution in [3.05, 3.63) is 34.9 Å². The molecule has 1 heterocycles. The van der Waals surface area contributed by atoms with Crippen LogP contribution >= 0.6 is 0 Å². The van der Waals surface area contributed by atoms with E-state index in [9.17, 15) is 5.11 Å². The predicted molar refractivity (Wildman–Crippen MR) is 81.9 cm³/mol. The molecule has 3 rings (SSSR count). The molecule has 0 spiro atoms. The maximum atomic E-state index is 10.5. The average Bonchev–Trinajstić information content (AvgIpc) is 3.27. The Hall–Kier alpha value is -0.900. The summed E-state index contributed by atoms with van der Waals surface area (Å²) in [6.07, 6.45) is 2.43. The summed E-state index contributed by atoms with van der Waals surface area (Å²) in [6, 6.07) is 7.22. The molecule has 1 aromatic rings. The molecule has 3 heteroatoms. The third-order valence-corrected chi connectivity index (χ3v) is 4.70. The molecule has 1 saturated carbocycles. The van der Waals surface area contributed by atoms with Gasteiger partial charge < -0.3 is 5.11 Å². The van der Waals surface area contributed by atoms with Crippen LogP contribution in [0.5, 0.6) is 0 Å². The highest BCUT2D eigenvalue weighted by atomic mass is 16.3. The van der Waals surface area contributed by atoms with Crippen molar-refractivity contribution in [2.24, 2.45) is 0 Å². The normalized spacial score (nSPS) is 22.9. The average molecular weight is 274 g/mol. The van der Waals surface area contributed by atoms with E-state index >= 15 is 0 Å². The molecule has 0 radical (unpaired) electrons. The summed E-state index contributed by atoms with van der Waals surface area (Å²) in [4.78, 5) is 5.02. The van der Waals surface area contributed by atoms with Crippen molar-refractivity contribution in [3.63, 3.8) is 0 Å². The zero-order chi connectivity index (χ0) is 14.1. The lowest BCUT2D eigenvalue weighted by molar-refractivity contribution is 0.0697. The Labute approximate surface area is 122 Å². The first-order valence-corrected chi connectivity index (χ1v) is 7.85. The van der Waals surface area contributed by atoms with Crippen LogP contribution < -0.4 is 0 Å². The van der Waals surface area contributed by atoms with Crippen molar-refractivity contribution in [3.8, 4) is 0 Å². The van der Waals surface area contributed by atoms with Crippen molar-refractivity contribution < 1.29 is 5.11 Å². The SMILES string of the molecule is Cc1ccc(C)c(C(O)CN2CCN(C3CC3)CC2)c1. The topological polar surface area (TPSA) is 26.7 Å². The minimum absolute atomic E-state index is 0.359. The summed E-state index contributed by atoms with van der Waals surface area (Å²) >= 11 is 0. The van der Waals surface area contributed by atoms with Gasteiger partial charge in [0.1, 0.15) is 0 Å². The Bertz CT molecular complexity index is 462. The van der Waals surface area contributed by atoms with Gasteiger partial charge in [-0.25, -0.2) is 0 Å². The van der Waals surface area contributed by atoms with Gasteiger partial charge >= 0.3 is 0 Å². The number of piperazine rings is 1. The van der Waals surface area contributed by atoms with Crippen molar-refractivity contribution in [1.82, 2.24) is 9.80 Å². The minimum atomic E-state index is -0.359. The number of aliphatic hydroxyl groups is 1. The van der Waals surface area contributed by atoms with E-state index in [-0.39, 0.29) is 6.10 Å². The van der Waals surface area contributed by atoms with Gasteiger partial charge in [0.05, 0.1) is 6.10 Å². The summed E-state index contributed by atoms with van der Waals surface area (Å²) < 4.78 is 0. The van der Waals surface area contributed by atoms with E-state index in [0.29, 0.717) is 0 Å². The van der Waals surface area contributed by atoms with Gasteiger partial charge in [-0.05, 0) is 37.8 Å². The van der Waals surface area contributed by atoms with E-state index in [1.807, 2.05) is 0 Å². The highest BCUT2D eigenvalue weighted by Gasteiger charge is 2.31. The van der Waals surface area contributed by atoms with Crippen molar-refractivity contribution in [1.29, 1.82) is 0 Å². The lowest BCUT2D eigenvalue weighted by Crippen LogP contribution is -2.48. The van der Waals surface area contributed by atoms with Crippen LogP contribution in [0.3, 0.4) is 0 Å². The van der Waals surface area contributed by atoms with Crippen LogP contribution in [0.1, 0.15) is 35.6 Å². The molecule has 0 aromatic heterocycles. The predicted octanol–water partition coefficient (Wildman–Crippen LogP) is 2.12. The number of nitrogens with zero attached hydrogens (tertiary/aromatic N) is 2. The number of aryl methyl sites for hydroxylation is 2. The summed E-state index contributed by atoms with van der Waals surface area (Å²) in [5, 5.41) is 10.5. The number of β-amino-alcohol motifs (C(OH)–C–C–N with tert-alkyl or cyclic N) is 1. The first-order valence-electron chi connectivity index (χ1n) is 7.85. The number of hydrogen-bond acceptors (Lipinski definition) is 3. The van der Waals surface area contributed by atoms with Crippen molar-refractivity contribution in [2.45, 2.75) is 38.8 Å². The van der Waals surface area contributed by atoms with E-state index in [1.54, 1.807) is 0 Å². The lowest BCUT2D eigenvalue weighted by Gasteiger charge is -2.35. The zero-order valence-electron chi connectivity index (χ0n) is 12.7. The molecule has 1 aliphatic carbocycles. The molecule has 0 amide bonds. The van der Waals surface area contributed by atoms with E-state index in [0.717, 1.165) is 31.2 Å². The second-order valence-corrected chi connectivity index (χ2v) is 6.44. The molecule has 0 bridgehead atoms. The zero-order valence-corrected chi connectivity index (χ0v) is 12.7. The van der Waals surface area contributed by atoms with Gasteiger partial charge in [0.25, 0.3) is 0 Å². The molecule has 2 fully saturated rings.